The fourth-order valence-corrected chi connectivity index (χ4v) is 5.01. The largest absolute Gasteiger partial charge is 0.356 e. The van der Waals surface area contributed by atoms with Crippen molar-refractivity contribution in [1.29, 1.82) is 0 Å². The van der Waals surface area contributed by atoms with Crippen molar-refractivity contribution >= 4 is 0 Å². The van der Waals surface area contributed by atoms with Crippen molar-refractivity contribution in [2.45, 2.75) is 168 Å². The van der Waals surface area contributed by atoms with Gasteiger partial charge in [-0.15, -0.1) is 0 Å². The first-order valence-electron chi connectivity index (χ1n) is 14.4. The van der Waals surface area contributed by atoms with Gasteiger partial charge in [-0.2, -0.15) is 0 Å². The Bertz CT molecular complexity index is 404. The van der Waals surface area contributed by atoms with E-state index in [-0.39, 0.29) is 0 Å². The first-order chi connectivity index (χ1) is 15.2. The predicted molar refractivity (Wildman–Crippen MR) is 140 cm³/mol. The lowest BCUT2D eigenvalue weighted by Crippen LogP contribution is -2.42. The SMILES string of the molecule is CCCCCCCCCCCCCCCCCCC1N(CCCCC)C=CN1C(C)C. The minimum atomic E-state index is 0.610. The van der Waals surface area contributed by atoms with E-state index in [0.29, 0.717) is 12.2 Å². The lowest BCUT2D eigenvalue weighted by molar-refractivity contribution is 0.114. The van der Waals surface area contributed by atoms with Crippen molar-refractivity contribution in [1.82, 2.24) is 9.80 Å². The summed E-state index contributed by atoms with van der Waals surface area (Å²) in [6.45, 7) is 10.5. The van der Waals surface area contributed by atoms with Gasteiger partial charge in [0.1, 0.15) is 6.17 Å². The molecule has 0 bridgehead atoms. The lowest BCUT2D eigenvalue weighted by atomic mass is 10.0. The Morgan fingerprint density at radius 2 is 0.968 bits per heavy atom. The third-order valence-corrected chi connectivity index (χ3v) is 7.09. The number of hydrogen-bond donors (Lipinski definition) is 0. The summed E-state index contributed by atoms with van der Waals surface area (Å²) in [4.78, 5) is 5.19. The highest BCUT2D eigenvalue weighted by Gasteiger charge is 2.26. The van der Waals surface area contributed by atoms with Crippen molar-refractivity contribution in [3.05, 3.63) is 12.4 Å². The highest BCUT2D eigenvalue weighted by molar-refractivity contribution is 4.98. The third-order valence-electron chi connectivity index (χ3n) is 7.09. The molecule has 0 aliphatic carbocycles. The van der Waals surface area contributed by atoms with Crippen LogP contribution in [0.2, 0.25) is 0 Å². The molecule has 31 heavy (non-hydrogen) atoms. The van der Waals surface area contributed by atoms with Crippen LogP contribution in [-0.4, -0.2) is 28.6 Å². The molecule has 0 saturated carbocycles. The van der Waals surface area contributed by atoms with Crippen LogP contribution in [0.5, 0.6) is 0 Å². The molecule has 2 heteroatoms. The maximum Gasteiger partial charge on any atom is 0.101 e. The molecular formula is C29H58N2. The van der Waals surface area contributed by atoms with Crippen LogP contribution in [0.25, 0.3) is 0 Å². The molecule has 0 aromatic carbocycles. The molecule has 1 aliphatic rings. The molecule has 184 valence electrons. The lowest BCUT2D eigenvalue weighted by Gasteiger charge is -2.35. The molecule has 1 atom stereocenters. The molecule has 1 rings (SSSR count). The summed E-state index contributed by atoms with van der Waals surface area (Å²) >= 11 is 0. The van der Waals surface area contributed by atoms with E-state index < -0.39 is 0 Å². The van der Waals surface area contributed by atoms with Crippen molar-refractivity contribution in [2.24, 2.45) is 0 Å². The maximum atomic E-state index is 2.61. The van der Waals surface area contributed by atoms with E-state index in [1.165, 1.54) is 135 Å². The van der Waals surface area contributed by atoms with Crippen molar-refractivity contribution < 1.29 is 0 Å². The molecule has 0 saturated heterocycles. The summed E-state index contributed by atoms with van der Waals surface area (Å²) in [5, 5.41) is 0. The fourth-order valence-electron chi connectivity index (χ4n) is 5.01. The van der Waals surface area contributed by atoms with Crippen LogP contribution < -0.4 is 0 Å². The Morgan fingerprint density at radius 1 is 0.548 bits per heavy atom. The molecular weight excluding hydrogens is 376 g/mol. The van der Waals surface area contributed by atoms with Gasteiger partial charge in [0.2, 0.25) is 0 Å². The zero-order chi connectivity index (χ0) is 22.6. The molecule has 1 heterocycles. The minimum absolute atomic E-state index is 0.610. The van der Waals surface area contributed by atoms with Crippen LogP contribution in [0.1, 0.15) is 156 Å². The molecule has 0 radical (unpaired) electrons. The van der Waals surface area contributed by atoms with Gasteiger partial charge in [0, 0.05) is 25.0 Å². The third kappa shape index (κ3) is 14.2. The summed E-state index contributed by atoms with van der Waals surface area (Å²) in [7, 11) is 0. The van der Waals surface area contributed by atoms with Crippen LogP contribution in [0, 0.1) is 0 Å². The van der Waals surface area contributed by atoms with E-state index >= 15 is 0 Å². The standard InChI is InChI=1S/C29H58N2/c1-5-7-9-10-11-12-13-14-15-16-17-18-19-20-21-22-24-29-30(25-23-8-6-2)26-27-31(29)28(3)4/h26-29H,5-25H2,1-4H3. The van der Waals surface area contributed by atoms with Gasteiger partial charge in [0.15, 0.2) is 0 Å². The van der Waals surface area contributed by atoms with Crippen LogP contribution in [-0.2, 0) is 0 Å². The average Bonchev–Trinajstić information content (AvgIpc) is 3.16. The second-order valence-electron chi connectivity index (χ2n) is 10.4. The van der Waals surface area contributed by atoms with E-state index in [4.69, 9.17) is 0 Å². The summed E-state index contributed by atoms with van der Waals surface area (Å²) in [5.74, 6) is 0. The average molecular weight is 435 g/mol. The first kappa shape index (κ1) is 28.4. The molecule has 0 spiro atoms. The van der Waals surface area contributed by atoms with Gasteiger partial charge in [-0.25, -0.2) is 0 Å². The molecule has 0 amide bonds. The normalized spacial score (nSPS) is 16.2. The van der Waals surface area contributed by atoms with E-state index in [9.17, 15) is 0 Å². The van der Waals surface area contributed by atoms with Crippen LogP contribution in [0.15, 0.2) is 12.4 Å². The van der Waals surface area contributed by atoms with E-state index in [2.05, 4.69) is 49.9 Å². The van der Waals surface area contributed by atoms with Crippen LogP contribution in [0.3, 0.4) is 0 Å². The quantitative estimate of drug-likeness (QED) is 0.156. The van der Waals surface area contributed by atoms with E-state index in [1.54, 1.807) is 0 Å². The van der Waals surface area contributed by atoms with E-state index in [1.807, 2.05) is 0 Å². The number of nitrogens with zero attached hydrogens (tertiary/aromatic N) is 2. The van der Waals surface area contributed by atoms with Gasteiger partial charge in [-0.05, 0) is 33.1 Å². The second-order valence-corrected chi connectivity index (χ2v) is 10.4. The molecule has 1 unspecified atom stereocenters. The Balaban J connectivity index is 1.95. The molecule has 1 aliphatic heterocycles. The smallest absolute Gasteiger partial charge is 0.101 e. The molecule has 2 nitrogen and oxygen atoms in total. The Hall–Kier alpha value is -0.660. The topological polar surface area (TPSA) is 6.48 Å². The minimum Gasteiger partial charge on any atom is -0.356 e. The summed E-state index contributed by atoms with van der Waals surface area (Å²) in [6.07, 6.45) is 33.9. The summed E-state index contributed by atoms with van der Waals surface area (Å²) in [6, 6.07) is 0.610. The highest BCUT2D eigenvalue weighted by Crippen LogP contribution is 2.24. The van der Waals surface area contributed by atoms with Crippen molar-refractivity contribution in [2.75, 3.05) is 6.54 Å². The van der Waals surface area contributed by atoms with Gasteiger partial charge in [-0.3, -0.25) is 0 Å². The van der Waals surface area contributed by atoms with Gasteiger partial charge in [0.05, 0.1) is 0 Å². The molecule has 0 aromatic rings. The second kappa shape index (κ2) is 20.0. The van der Waals surface area contributed by atoms with Gasteiger partial charge in [-0.1, -0.05) is 123 Å². The Labute approximate surface area is 197 Å². The predicted octanol–water partition coefficient (Wildman–Crippen LogP) is 9.65. The van der Waals surface area contributed by atoms with Gasteiger partial charge in [0.25, 0.3) is 0 Å². The zero-order valence-electron chi connectivity index (χ0n) is 22.1. The molecule has 0 fully saturated rings. The van der Waals surface area contributed by atoms with Gasteiger partial charge >= 0.3 is 0 Å². The maximum absolute atomic E-state index is 2.61. The fraction of sp³-hybridized carbons (Fsp3) is 0.931. The zero-order valence-corrected chi connectivity index (χ0v) is 22.1. The van der Waals surface area contributed by atoms with Crippen LogP contribution in [0.4, 0.5) is 0 Å². The highest BCUT2D eigenvalue weighted by atomic mass is 15.4. The number of rotatable bonds is 22. The van der Waals surface area contributed by atoms with Crippen molar-refractivity contribution in [3.63, 3.8) is 0 Å². The number of hydrogen-bond acceptors (Lipinski definition) is 2. The Morgan fingerprint density at radius 3 is 1.42 bits per heavy atom. The monoisotopic (exact) mass is 434 g/mol. The van der Waals surface area contributed by atoms with Crippen LogP contribution >= 0.6 is 0 Å². The van der Waals surface area contributed by atoms with E-state index in [0.717, 1.165) is 0 Å². The summed E-state index contributed by atoms with van der Waals surface area (Å²) < 4.78 is 0. The molecule has 0 N–H and O–H groups in total. The molecule has 0 aromatic heterocycles. The Kier molecular flexibility index (Phi) is 18.3. The van der Waals surface area contributed by atoms with Gasteiger partial charge < -0.3 is 9.80 Å². The number of unbranched alkanes of at least 4 members (excludes halogenated alkanes) is 17. The first-order valence-corrected chi connectivity index (χ1v) is 14.4. The van der Waals surface area contributed by atoms with Crippen molar-refractivity contribution in [3.8, 4) is 0 Å². The summed E-state index contributed by atoms with van der Waals surface area (Å²) in [5.41, 5.74) is 0.